The maximum atomic E-state index is 12.5. The van der Waals surface area contributed by atoms with Crippen LogP contribution in [0.1, 0.15) is 44.7 Å². The van der Waals surface area contributed by atoms with Crippen molar-refractivity contribution in [1.82, 2.24) is 5.32 Å². The van der Waals surface area contributed by atoms with Gasteiger partial charge in [0.2, 0.25) is 0 Å². The highest BCUT2D eigenvalue weighted by atomic mass is 35.5. The first kappa shape index (κ1) is 16.2. The number of methoxy groups -OCH3 is 1. The quantitative estimate of drug-likeness (QED) is 0.857. The largest absolute Gasteiger partial charge is 0.465 e. The molecule has 0 aromatic heterocycles. The summed E-state index contributed by atoms with van der Waals surface area (Å²) >= 11 is 6.11. The lowest BCUT2D eigenvalue weighted by Gasteiger charge is -2.14. The number of nitrogens with one attached hydrogen (secondary N) is 1. The number of esters is 1. The molecule has 1 saturated carbocycles. The number of hydrogen-bond donors (Lipinski definition) is 1. The normalized spacial score (nSPS) is 23.2. The Balaban J connectivity index is 1.57. The highest BCUT2D eigenvalue weighted by Gasteiger charge is 2.59. The van der Waals surface area contributed by atoms with E-state index in [1.807, 2.05) is 12.1 Å². The molecular weight excluding hydrogens is 338 g/mol. The van der Waals surface area contributed by atoms with E-state index in [2.05, 4.69) is 11.4 Å². The first-order chi connectivity index (χ1) is 12.1. The molecule has 0 radical (unpaired) electrons. The molecule has 1 amide bonds. The molecule has 1 N–H and O–H groups in total. The number of rotatable bonds is 3. The van der Waals surface area contributed by atoms with E-state index in [4.69, 9.17) is 16.3 Å². The van der Waals surface area contributed by atoms with Crippen LogP contribution in [0.4, 0.5) is 0 Å². The summed E-state index contributed by atoms with van der Waals surface area (Å²) in [5, 5.41) is 3.56. The standard InChI is InChI=1S/C20H18ClNO3/c1-25-19(24)13-6-4-7-15-12(13)9-10-20(15)11-17(20)22-18(23)14-5-2-3-8-16(14)21/h2-8,17H,9-11H2,1H3,(H,22,23). The number of halogens is 1. The number of ether oxygens (including phenoxy) is 1. The zero-order chi connectivity index (χ0) is 17.6. The van der Waals surface area contributed by atoms with Crippen molar-refractivity contribution in [2.75, 3.05) is 7.11 Å². The van der Waals surface area contributed by atoms with E-state index < -0.39 is 0 Å². The Morgan fingerprint density at radius 1 is 1.16 bits per heavy atom. The molecule has 2 aromatic rings. The average molecular weight is 356 g/mol. The van der Waals surface area contributed by atoms with Crippen LogP contribution in [0.15, 0.2) is 42.5 Å². The summed E-state index contributed by atoms with van der Waals surface area (Å²) in [4.78, 5) is 24.5. The molecule has 25 heavy (non-hydrogen) atoms. The van der Waals surface area contributed by atoms with Gasteiger partial charge < -0.3 is 10.1 Å². The number of amides is 1. The summed E-state index contributed by atoms with van der Waals surface area (Å²) < 4.78 is 4.89. The molecule has 2 aliphatic rings. The Morgan fingerprint density at radius 2 is 1.92 bits per heavy atom. The number of fused-ring (bicyclic) bond motifs is 2. The second-order valence-corrected chi connectivity index (χ2v) is 7.10. The maximum absolute atomic E-state index is 12.5. The first-order valence-electron chi connectivity index (χ1n) is 8.33. The lowest BCUT2D eigenvalue weighted by molar-refractivity contribution is 0.0599. The topological polar surface area (TPSA) is 55.4 Å². The number of benzene rings is 2. The van der Waals surface area contributed by atoms with Gasteiger partial charge in [-0.2, -0.15) is 0 Å². The Kier molecular flexibility index (Phi) is 3.80. The van der Waals surface area contributed by atoms with Gasteiger partial charge in [0.1, 0.15) is 0 Å². The van der Waals surface area contributed by atoms with Crippen molar-refractivity contribution >= 4 is 23.5 Å². The van der Waals surface area contributed by atoms with E-state index in [9.17, 15) is 9.59 Å². The third-order valence-corrected chi connectivity index (χ3v) is 5.77. The Bertz CT molecular complexity index is 879. The monoisotopic (exact) mass is 355 g/mol. The molecule has 128 valence electrons. The average Bonchev–Trinajstić information content (AvgIpc) is 3.18. The van der Waals surface area contributed by atoms with Crippen LogP contribution in [-0.4, -0.2) is 25.0 Å². The SMILES string of the molecule is COC(=O)c1cccc2c1CCC21CC1NC(=O)c1ccccc1Cl. The predicted octanol–water partition coefficient (Wildman–Crippen LogP) is 3.51. The van der Waals surface area contributed by atoms with E-state index in [-0.39, 0.29) is 23.3 Å². The van der Waals surface area contributed by atoms with Gasteiger partial charge in [-0.15, -0.1) is 0 Å². The van der Waals surface area contributed by atoms with Gasteiger partial charge in [-0.3, -0.25) is 4.79 Å². The van der Waals surface area contributed by atoms with Crippen molar-refractivity contribution < 1.29 is 14.3 Å². The van der Waals surface area contributed by atoms with E-state index in [0.29, 0.717) is 16.1 Å². The van der Waals surface area contributed by atoms with Gasteiger partial charge in [0, 0.05) is 11.5 Å². The minimum absolute atomic E-state index is 0.0592. The van der Waals surface area contributed by atoms with Crippen LogP contribution in [0.25, 0.3) is 0 Å². The molecule has 4 rings (SSSR count). The molecular formula is C20H18ClNO3. The van der Waals surface area contributed by atoms with Gasteiger partial charge in [-0.1, -0.05) is 35.9 Å². The van der Waals surface area contributed by atoms with Gasteiger partial charge in [-0.05, 0) is 48.6 Å². The van der Waals surface area contributed by atoms with E-state index in [0.717, 1.165) is 24.8 Å². The van der Waals surface area contributed by atoms with Crippen LogP contribution < -0.4 is 5.32 Å². The van der Waals surface area contributed by atoms with Crippen molar-refractivity contribution in [1.29, 1.82) is 0 Å². The maximum Gasteiger partial charge on any atom is 0.338 e. The van der Waals surface area contributed by atoms with Crippen LogP contribution in [-0.2, 0) is 16.6 Å². The fourth-order valence-electron chi connectivity index (χ4n) is 4.06. The molecule has 1 spiro atoms. The highest BCUT2D eigenvalue weighted by molar-refractivity contribution is 6.33. The van der Waals surface area contributed by atoms with Crippen LogP contribution >= 0.6 is 11.6 Å². The van der Waals surface area contributed by atoms with Gasteiger partial charge >= 0.3 is 5.97 Å². The fourth-order valence-corrected chi connectivity index (χ4v) is 4.28. The van der Waals surface area contributed by atoms with Crippen molar-refractivity contribution in [3.63, 3.8) is 0 Å². The van der Waals surface area contributed by atoms with E-state index >= 15 is 0 Å². The minimum Gasteiger partial charge on any atom is -0.465 e. The van der Waals surface area contributed by atoms with Crippen LogP contribution in [0.2, 0.25) is 5.02 Å². The summed E-state index contributed by atoms with van der Waals surface area (Å²) in [7, 11) is 1.40. The molecule has 0 bridgehead atoms. The lowest BCUT2D eigenvalue weighted by Crippen LogP contribution is -2.30. The molecule has 0 aliphatic heterocycles. The zero-order valence-corrected chi connectivity index (χ0v) is 14.6. The lowest BCUT2D eigenvalue weighted by atomic mass is 9.95. The molecule has 4 nitrogen and oxygen atoms in total. The second-order valence-electron chi connectivity index (χ2n) is 6.69. The summed E-state index contributed by atoms with van der Waals surface area (Å²) in [5.74, 6) is -0.448. The second kappa shape index (κ2) is 5.88. The van der Waals surface area contributed by atoms with E-state index in [1.54, 1.807) is 24.3 Å². The van der Waals surface area contributed by atoms with E-state index in [1.165, 1.54) is 12.7 Å². The fraction of sp³-hybridized carbons (Fsp3) is 0.300. The van der Waals surface area contributed by atoms with Gasteiger partial charge in [0.25, 0.3) is 5.91 Å². The molecule has 2 unspecified atom stereocenters. The summed E-state index contributed by atoms with van der Waals surface area (Å²) in [6.45, 7) is 0. The predicted molar refractivity (Wildman–Crippen MR) is 95.1 cm³/mol. The molecule has 1 fully saturated rings. The zero-order valence-electron chi connectivity index (χ0n) is 13.8. The minimum atomic E-state index is -0.300. The number of hydrogen-bond acceptors (Lipinski definition) is 3. The Morgan fingerprint density at radius 3 is 2.68 bits per heavy atom. The van der Waals surface area contributed by atoms with Gasteiger partial charge in [0.15, 0.2) is 0 Å². The molecule has 2 atom stereocenters. The Hall–Kier alpha value is -2.33. The van der Waals surface area contributed by atoms with Crippen LogP contribution in [0.3, 0.4) is 0 Å². The Labute approximate surface area is 151 Å². The molecule has 0 heterocycles. The first-order valence-corrected chi connectivity index (χ1v) is 8.71. The molecule has 2 aromatic carbocycles. The smallest absolute Gasteiger partial charge is 0.338 e. The summed E-state index contributed by atoms with van der Waals surface area (Å²) in [5.41, 5.74) is 3.30. The molecule has 5 heteroatoms. The van der Waals surface area contributed by atoms with Gasteiger partial charge in [0.05, 0.1) is 23.3 Å². The van der Waals surface area contributed by atoms with Gasteiger partial charge in [-0.25, -0.2) is 4.79 Å². The third kappa shape index (κ3) is 2.52. The molecule has 0 saturated heterocycles. The summed E-state index contributed by atoms with van der Waals surface area (Å²) in [6, 6.07) is 12.9. The highest BCUT2D eigenvalue weighted by Crippen LogP contribution is 2.57. The van der Waals surface area contributed by atoms with Crippen molar-refractivity contribution in [3.05, 3.63) is 69.7 Å². The van der Waals surface area contributed by atoms with Crippen LogP contribution in [0.5, 0.6) is 0 Å². The van der Waals surface area contributed by atoms with Crippen molar-refractivity contribution in [3.8, 4) is 0 Å². The number of carbonyl (C=O) groups excluding carboxylic acids is 2. The molecule has 2 aliphatic carbocycles. The summed E-state index contributed by atoms with van der Waals surface area (Å²) in [6.07, 6.45) is 2.66. The van der Waals surface area contributed by atoms with Crippen molar-refractivity contribution in [2.45, 2.75) is 30.7 Å². The van der Waals surface area contributed by atoms with Crippen molar-refractivity contribution in [2.24, 2.45) is 0 Å². The number of carbonyl (C=O) groups is 2. The van der Waals surface area contributed by atoms with Crippen LogP contribution in [0, 0.1) is 0 Å². The third-order valence-electron chi connectivity index (χ3n) is 5.44.